The summed E-state index contributed by atoms with van der Waals surface area (Å²) in [6.45, 7) is 2.59. The van der Waals surface area contributed by atoms with Gasteiger partial charge in [-0.2, -0.15) is 0 Å². The fourth-order valence-electron chi connectivity index (χ4n) is 1.96. The molecule has 11 heteroatoms. The maximum Gasteiger partial charge on any atom is 2.00 e. The Morgan fingerprint density at radius 1 is 0.724 bits per heavy atom. The van der Waals surface area contributed by atoms with Gasteiger partial charge in [0.25, 0.3) is 0 Å². The SMILES string of the molecule is CC(=O)Nc1ccc(O)c(C(=O)[O-])c1.CC(=O)Nc1ccc(O)c(C(=O)[O-])c1.[Pb+2]. The Kier molecular flexibility index (Phi) is 10.4. The van der Waals surface area contributed by atoms with Crippen LogP contribution in [0.15, 0.2) is 36.4 Å². The molecule has 0 saturated carbocycles. The summed E-state index contributed by atoms with van der Waals surface area (Å²) in [7, 11) is 0. The van der Waals surface area contributed by atoms with E-state index in [2.05, 4.69) is 10.6 Å². The van der Waals surface area contributed by atoms with Gasteiger partial charge in [0.15, 0.2) is 0 Å². The molecule has 0 heterocycles. The number of phenols is 2. The smallest absolute Gasteiger partial charge is 0.545 e. The van der Waals surface area contributed by atoms with Gasteiger partial charge >= 0.3 is 27.3 Å². The topological polar surface area (TPSA) is 179 Å². The molecule has 0 bridgehead atoms. The number of aromatic carboxylic acids is 2. The zero-order valence-corrected chi connectivity index (χ0v) is 19.2. The number of carboxylic acid groups (broad SMARTS) is 2. The van der Waals surface area contributed by atoms with Crippen LogP contribution in [0.4, 0.5) is 11.4 Å². The summed E-state index contributed by atoms with van der Waals surface area (Å²) in [5.74, 6) is -4.40. The molecule has 0 unspecified atom stereocenters. The maximum absolute atomic E-state index is 10.6. The number of aromatic hydroxyl groups is 2. The van der Waals surface area contributed by atoms with Crippen molar-refractivity contribution in [2.24, 2.45) is 0 Å². The van der Waals surface area contributed by atoms with Gasteiger partial charge < -0.3 is 40.6 Å². The predicted molar refractivity (Wildman–Crippen MR) is 99.2 cm³/mol. The third kappa shape index (κ3) is 8.59. The molecule has 0 saturated heterocycles. The average molecular weight is 596 g/mol. The standard InChI is InChI=1S/2C9H9NO4.Pb/c2*1-5(11)10-6-2-3-8(12)7(4-6)9(13)14;/h2*2-4,12H,1H3,(H,10,11)(H,13,14);/q;;+2/p-2. The number of nitrogens with one attached hydrogen (secondary N) is 2. The fourth-order valence-corrected chi connectivity index (χ4v) is 1.96. The Morgan fingerprint density at radius 2 is 1.03 bits per heavy atom. The Labute approximate surface area is 185 Å². The van der Waals surface area contributed by atoms with E-state index in [4.69, 9.17) is 10.2 Å². The number of anilines is 2. The zero-order valence-electron chi connectivity index (χ0n) is 15.3. The minimum Gasteiger partial charge on any atom is -0.545 e. The number of rotatable bonds is 4. The monoisotopic (exact) mass is 596 g/mol. The van der Waals surface area contributed by atoms with E-state index in [0.717, 1.165) is 12.1 Å². The number of benzene rings is 2. The van der Waals surface area contributed by atoms with E-state index < -0.39 is 11.9 Å². The molecule has 2 radical (unpaired) electrons. The first-order valence-electron chi connectivity index (χ1n) is 7.65. The van der Waals surface area contributed by atoms with E-state index in [1.165, 1.54) is 38.1 Å². The van der Waals surface area contributed by atoms with E-state index in [1.807, 2.05) is 0 Å². The summed E-state index contributed by atoms with van der Waals surface area (Å²) in [6.07, 6.45) is 0. The van der Waals surface area contributed by atoms with Crippen LogP contribution in [0.25, 0.3) is 0 Å². The number of carbonyl (C=O) groups is 4. The van der Waals surface area contributed by atoms with Crippen molar-refractivity contribution in [1.82, 2.24) is 0 Å². The van der Waals surface area contributed by atoms with Crippen molar-refractivity contribution in [1.29, 1.82) is 0 Å². The molecule has 0 atom stereocenters. The average Bonchev–Trinajstić information content (AvgIpc) is 2.57. The molecule has 0 aliphatic rings. The number of hydrogen-bond donors (Lipinski definition) is 4. The van der Waals surface area contributed by atoms with E-state index in [9.17, 15) is 29.4 Å². The third-order valence-electron chi connectivity index (χ3n) is 3.07. The number of amides is 2. The molecule has 150 valence electrons. The van der Waals surface area contributed by atoms with Gasteiger partial charge in [-0.15, -0.1) is 0 Å². The second kappa shape index (κ2) is 11.6. The molecule has 0 aromatic heterocycles. The van der Waals surface area contributed by atoms with E-state index in [0.29, 0.717) is 11.4 Å². The number of carbonyl (C=O) groups excluding carboxylic acids is 4. The van der Waals surface area contributed by atoms with Gasteiger partial charge in [0, 0.05) is 36.3 Å². The van der Waals surface area contributed by atoms with Gasteiger partial charge in [-0.25, -0.2) is 0 Å². The Bertz CT molecular complexity index is 855. The van der Waals surface area contributed by atoms with Crippen molar-refractivity contribution >= 4 is 62.4 Å². The first-order valence-corrected chi connectivity index (χ1v) is 7.65. The van der Waals surface area contributed by atoms with Crippen LogP contribution in [0.5, 0.6) is 11.5 Å². The first-order chi connectivity index (χ1) is 13.0. The van der Waals surface area contributed by atoms with E-state index in [-0.39, 0.29) is 61.7 Å². The molecule has 29 heavy (non-hydrogen) atoms. The van der Waals surface area contributed by atoms with Crippen molar-refractivity contribution in [3.05, 3.63) is 47.5 Å². The van der Waals surface area contributed by atoms with Crippen molar-refractivity contribution in [2.75, 3.05) is 10.6 Å². The summed E-state index contributed by atoms with van der Waals surface area (Å²) < 4.78 is 0. The Morgan fingerprint density at radius 3 is 1.28 bits per heavy atom. The van der Waals surface area contributed by atoms with Crippen LogP contribution in [0, 0.1) is 0 Å². The van der Waals surface area contributed by atoms with Crippen LogP contribution >= 0.6 is 0 Å². The van der Waals surface area contributed by atoms with Gasteiger partial charge in [0.2, 0.25) is 11.8 Å². The van der Waals surface area contributed by atoms with Gasteiger partial charge in [-0.1, -0.05) is 0 Å². The Hall–Kier alpha value is -3.16. The number of carboxylic acids is 2. The molecule has 0 aliphatic heterocycles. The van der Waals surface area contributed by atoms with Crippen molar-refractivity contribution in [3.8, 4) is 11.5 Å². The van der Waals surface area contributed by atoms with Crippen molar-refractivity contribution < 1.29 is 39.6 Å². The van der Waals surface area contributed by atoms with E-state index in [1.54, 1.807) is 0 Å². The summed E-state index contributed by atoms with van der Waals surface area (Å²) in [4.78, 5) is 42.2. The Balaban J connectivity index is 0.000000523. The normalized spacial score (nSPS) is 9.17. The van der Waals surface area contributed by atoms with Crippen LogP contribution in [-0.2, 0) is 9.59 Å². The van der Waals surface area contributed by atoms with Crippen LogP contribution in [0.2, 0.25) is 0 Å². The molecule has 2 aromatic carbocycles. The second-order valence-electron chi connectivity index (χ2n) is 5.40. The second-order valence-corrected chi connectivity index (χ2v) is 5.40. The van der Waals surface area contributed by atoms with Crippen LogP contribution in [0.3, 0.4) is 0 Å². The maximum atomic E-state index is 10.6. The van der Waals surface area contributed by atoms with Crippen molar-refractivity contribution in [3.63, 3.8) is 0 Å². The van der Waals surface area contributed by atoms with Gasteiger partial charge in [0.1, 0.15) is 11.5 Å². The third-order valence-corrected chi connectivity index (χ3v) is 3.07. The minimum absolute atomic E-state index is 0. The molecule has 2 aromatic rings. The molecule has 0 spiro atoms. The summed E-state index contributed by atoms with van der Waals surface area (Å²) in [6, 6.07) is 7.40. The predicted octanol–water partition coefficient (Wildman–Crippen LogP) is -0.953. The quantitative estimate of drug-likeness (QED) is 0.258. The molecule has 10 nitrogen and oxygen atoms in total. The molecule has 2 amide bonds. The van der Waals surface area contributed by atoms with Crippen LogP contribution in [0.1, 0.15) is 34.6 Å². The molecule has 2 rings (SSSR count). The first kappa shape index (κ1) is 25.8. The zero-order chi connectivity index (χ0) is 21.4. The summed E-state index contributed by atoms with van der Waals surface area (Å²) in [5, 5.41) is 43.9. The summed E-state index contributed by atoms with van der Waals surface area (Å²) >= 11 is 0. The minimum atomic E-state index is -1.49. The molecule has 0 aliphatic carbocycles. The molecular formula is C18H16N2O8Pb. The fraction of sp³-hybridized carbons (Fsp3) is 0.111. The van der Waals surface area contributed by atoms with Gasteiger partial charge in [-0.05, 0) is 36.4 Å². The van der Waals surface area contributed by atoms with E-state index >= 15 is 0 Å². The van der Waals surface area contributed by atoms with Gasteiger partial charge in [-0.3, -0.25) is 9.59 Å². The van der Waals surface area contributed by atoms with Crippen LogP contribution < -0.4 is 20.8 Å². The summed E-state index contributed by atoms with van der Waals surface area (Å²) in [5.41, 5.74) is -0.100. The van der Waals surface area contributed by atoms with Gasteiger partial charge in [0.05, 0.1) is 11.9 Å². The molecule has 4 N–H and O–H groups in total. The number of hydrogen-bond acceptors (Lipinski definition) is 8. The molecular weight excluding hydrogens is 579 g/mol. The van der Waals surface area contributed by atoms with Crippen LogP contribution in [-0.4, -0.2) is 61.3 Å². The van der Waals surface area contributed by atoms with Crippen molar-refractivity contribution in [2.45, 2.75) is 13.8 Å². The molecule has 0 fully saturated rings. The largest absolute Gasteiger partial charge is 2.00 e.